The van der Waals surface area contributed by atoms with Gasteiger partial charge in [0.2, 0.25) is 0 Å². The van der Waals surface area contributed by atoms with Crippen LogP contribution in [-0.2, 0) is 13.5 Å². The van der Waals surface area contributed by atoms with E-state index in [0.29, 0.717) is 13.0 Å². The van der Waals surface area contributed by atoms with Gasteiger partial charge in [-0.25, -0.2) is 14.1 Å². The van der Waals surface area contributed by atoms with Crippen LogP contribution in [0.4, 0.5) is 4.39 Å². The van der Waals surface area contributed by atoms with E-state index in [0.717, 1.165) is 15.6 Å². The quantitative estimate of drug-likeness (QED) is 0.898. The highest BCUT2D eigenvalue weighted by Crippen LogP contribution is 2.26. The predicted molar refractivity (Wildman–Crippen MR) is 64.3 cm³/mol. The first-order chi connectivity index (χ1) is 8.19. The molecule has 0 unspecified atom stereocenters. The van der Waals surface area contributed by atoms with E-state index < -0.39 is 0 Å². The Kier molecular flexibility index (Phi) is 3.75. The average Bonchev–Trinajstić information content (AvgIpc) is 2.64. The van der Waals surface area contributed by atoms with Crippen molar-refractivity contribution in [3.8, 4) is 0 Å². The summed E-state index contributed by atoms with van der Waals surface area (Å²) in [5.41, 5.74) is 6.37. The molecule has 2 N–H and O–H groups in total. The van der Waals surface area contributed by atoms with Crippen LogP contribution in [0, 0.1) is 5.82 Å². The number of hydrogen-bond acceptors (Lipinski definition) is 4. The molecule has 1 aromatic carbocycles. The van der Waals surface area contributed by atoms with Gasteiger partial charge in [-0.1, -0.05) is 11.8 Å². The fourth-order valence-electron chi connectivity index (χ4n) is 1.47. The summed E-state index contributed by atoms with van der Waals surface area (Å²) in [5, 5.41) is 4.70. The molecule has 17 heavy (non-hydrogen) atoms. The SMILES string of the molecule is Cn1ncnc1Sc1cc(F)cc(CCN)c1. The number of aromatic nitrogens is 3. The van der Waals surface area contributed by atoms with Crippen molar-refractivity contribution in [1.82, 2.24) is 14.8 Å². The lowest BCUT2D eigenvalue weighted by molar-refractivity contribution is 0.621. The maximum absolute atomic E-state index is 13.4. The van der Waals surface area contributed by atoms with Crippen molar-refractivity contribution >= 4 is 11.8 Å². The molecule has 2 rings (SSSR count). The number of rotatable bonds is 4. The van der Waals surface area contributed by atoms with E-state index >= 15 is 0 Å². The molecule has 0 saturated heterocycles. The molecule has 0 aliphatic heterocycles. The van der Waals surface area contributed by atoms with Crippen molar-refractivity contribution < 1.29 is 4.39 Å². The normalized spacial score (nSPS) is 10.8. The van der Waals surface area contributed by atoms with Crippen molar-refractivity contribution in [3.05, 3.63) is 35.9 Å². The zero-order valence-corrected chi connectivity index (χ0v) is 10.2. The van der Waals surface area contributed by atoms with Gasteiger partial charge in [-0.3, -0.25) is 0 Å². The van der Waals surface area contributed by atoms with E-state index in [2.05, 4.69) is 10.1 Å². The second kappa shape index (κ2) is 5.29. The van der Waals surface area contributed by atoms with Gasteiger partial charge in [0.15, 0.2) is 5.16 Å². The average molecular weight is 252 g/mol. The maximum Gasteiger partial charge on any atom is 0.190 e. The molecule has 0 bridgehead atoms. The third kappa shape index (κ3) is 3.04. The van der Waals surface area contributed by atoms with E-state index in [1.807, 2.05) is 6.07 Å². The summed E-state index contributed by atoms with van der Waals surface area (Å²) < 4.78 is 15.0. The molecule has 1 aromatic heterocycles. The Balaban J connectivity index is 2.23. The molecule has 0 aliphatic carbocycles. The number of benzene rings is 1. The van der Waals surface area contributed by atoms with Crippen molar-refractivity contribution in [2.75, 3.05) is 6.54 Å². The predicted octanol–water partition coefficient (Wildman–Crippen LogP) is 1.61. The Labute approximate surface area is 103 Å². The maximum atomic E-state index is 13.4. The fourth-order valence-corrected chi connectivity index (χ4v) is 2.35. The highest BCUT2D eigenvalue weighted by molar-refractivity contribution is 7.99. The van der Waals surface area contributed by atoms with Gasteiger partial charge in [-0.05, 0) is 36.7 Å². The van der Waals surface area contributed by atoms with Crippen molar-refractivity contribution in [2.45, 2.75) is 16.5 Å². The Morgan fingerprint density at radius 3 is 2.88 bits per heavy atom. The van der Waals surface area contributed by atoms with E-state index in [1.165, 1.54) is 30.2 Å². The third-order valence-corrected chi connectivity index (χ3v) is 3.27. The van der Waals surface area contributed by atoms with Crippen LogP contribution in [0.2, 0.25) is 0 Å². The van der Waals surface area contributed by atoms with Crippen molar-refractivity contribution in [3.63, 3.8) is 0 Å². The van der Waals surface area contributed by atoms with E-state index in [4.69, 9.17) is 5.73 Å². The van der Waals surface area contributed by atoms with Crippen LogP contribution in [0.25, 0.3) is 0 Å². The first-order valence-electron chi connectivity index (χ1n) is 5.20. The topological polar surface area (TPSA) is 56.7 Å². The van der Waals surface area contributed by atoms with Gasteiger partial charge in [0, 0.05) is 11.9 Å². The molecule has 0 radical (unpaired) electrons. The van der Waals surface area contributed by atoms with Crippen LogP contribution >= 0.6 is 11.8 Å². The molecular formula is C11H13FN4S. The highest BCUT2D eigenvalue weighted by atomic mass is 32.2. The number of hydrogen-bond donors (Lipinski definition) is 1. The molecule has 0 aliphatic rings. The van der Waals surface area contributed by atoms with Gasteiger partial charge < -0.3 is 5.73 Å². The molecule has 0 amide bonds. The third-order valence-electron chi connectivity index (χ3n) is 2.24. The first-order valence-corrected chi connectivity index (χ1v) is 6.02. The molecular weight excluding hydrogens is 239 g/mol. The number of nitrogens with two attached hydrogens (primary N) is 1. The summed E-state index contributed by atoms with van der Waals surface area (Å²) in [6.07, 6.45) is 2.15. The van der Waals surface area contributed by atoms with Crippen LogP contribution in [0.15, 0.2) is 34.6 Å². The first kappa shape index (κ1) is 12.1. The lowest BCUT2D eigenvalue weighted by atomic mass is 10.1. The van der Waals surface area contributed by atoms with Gasteiger partial charge in [-0.2, -0.15) is 5.10 Å². The summed E-state index contributed by atoms with van der Waals surface area (Å²) in [6.45, 7) is 0.511. The van der Waals surface area contributed by atoms with Gasteiger partial charge in [-0.15, -0.1) is 0 Å². The zero-order chi connectivity index (χ0) is 12.3. The van der Waals surface area contributed by atoms with Crippen LogP contribution in [0.1, 0.15) is 5.56 Å². The summed E-state index contributed by atoms with van der Waals surface area (Å²) >= 11 is 1.38. The molecule has 0 saturated carbocycles. The van der Waals surface area contributed by atoms with E-state index in [-0.39, 0.29) is 5.82 Å². The molecule has 0 fully saturated rings. The molecule has 0 atom stereocenters. The molecule has 2 aromatic rings. The van der Waals surface area contributed by atoms with E-state index in [9.17, 15) is 4.39 Å². The fraction of sp³-hybridized carbons (Fsp3) is 0.273. The molecule has 6 heteroatoms. The molecule has 4 nitrogen and oxygen atoms in total. The number of halogens is 1. The van der Waals surface area contributed by atoms with Crippen LogP contribution in [0.3, 0.4) is 0 Å². The minimum absolute atomic E-state index is 0.249. The van der Waals surface area contributed by atoms with Crippen molar-refractivity contribution in [2.24, 2.45) is 12.8 Å². The monoisotopic (exact) mass is 252 g/mol. The van der Waals surface area contributed by atoms with Crippen LogP contribution in [0.5, 0.6) is 0 Å². The van der Waals surface area contributed by atoms with Crippen LogP contribution in [-0.4, -0.2) is 21.3 Å². The Morgan fingerprint density at radius 1 is 1.41 bits per heavy atom. The summed E-state index contributed by atoms with van der Waals surface area (Å²) in [6, 6.07) is 4.92. The minimum Gasteiger partial charge on any atom is -0.330 e. The lowest BCUT2D eigenvalue weighted by Crippen LogP contribution is -2.03. The van der Waals surface area contributed by atoms with Gasteiger partial charge >= 0.3 is 0 Å². The standard InChI is InChI=1S/C11H13FN4S/c1-16-11(14-7-15-16)17-10-5-8(2-3-13)4-9(12)6-10/h4-7H,2-3,13H2,1H3. The summed E-state index contributed by atoms with van der Waals surface area (Å²) in [5.74, 6) is -0.249. The van der Waals surface area contributed by atoms with Gasteiger partial charge in [0.25, 0.3) is 0 Å². The lowest BCUT2D eigenvalue weighted by Gasteiger charge is -2.04. The largest absolute Gasteiger partial charge is 0.330 e. The summed E-state index contributed by atoms with van der Waals surface area (Å²) in [4.78, 5) is 4.89. The molecule has 90 valence electrons. The zero-order valence-electron chi connectivity index (χ0n) is 9.43. The Hall–Kier alpha value is -1.40. The second-order valence-electron chi connectivity index (χ2n) is 3.60. The van der Waals surface area contributed by atoms with Crippen molar-refractivity contribution in [1.29, 1.82) is 0 Å². The molecule has 0 spiro atoms. The highest BCUT2D eigenvalue weighted by Gasteiger charge is 2.06. The Morgan fingerprint density at radius 2 is 2.24 bits per heavy atom. The van der Waals surface area contributed by atoms with Gasteiger partial charge in [0.05, 0.1) is 0 Å². The summed E-state index contributed by atoms with van der Waals surface area (Å²) in [7, 11) is 1.80. The minimum atomic E-state index is -0.249. The van der Waals surface area contributed by atoms with E-state index in [1.54, 1.807) is 11.7 Å². The number of aryl methyl sites for hydroxylation is 1. The second-order valence-corrected chi connectivity index (χ2v) is 4.64. The van der Waals surface area contributed by atoms with Gasteiger partial charge in [0.1, 0.15) is 12.1 Å². The number of nitrogens with zero attached hydrogens (tertiary/aromatic N) is 3. The smallest absolute Gasteiger partial charge is 0.190 e. The van der Waals surface area contributed by atoms with Crippen LogP contribution < -0.4 is 5.73 Å². The Bertz CT molecular complexity index is 512. The molecule has 1 heterocycles.